The molecule has 88 valence electrons. The second-order valence-corrected chi connectivity index (χ2v) is 4.81. The van der Waals surface area contributed by atoms with E-state index in [4.69, 9.17) is 5.11 Å². The van der Waals surface area contributed by atoms with Crippen LogP contribution in [0.2, 0.25) is 0 Å². The lowest BCUT2D eigenvalue weighted by Gasteiger charge is -2.03. The number of carbonyl (C=O) groups is 1. The standard InChI is InChI=1S/C14H9NO2S/c16-14(17)11-3-1-2-9(6-11)10-4-5-12-13(7-10)18-8-15-12/h1-8H,(H,16,17). The zero-order chi connectivity index (χ0) is 12.5. The highest BCUT2D eigenvalue weighted by Crippen LogP contribution is 2.26. The molecule has 0 saturated heterocycles. The van der Waals surface area contributed by atoms with Gasteiger partial charge in [-0.1, -0.05) is 18.2 Å². The Balaban J connectivity index is 2.13. The predicted molar refractivity (Wildman–Crippen MR) is 72.0 cm³/mol. The van der Waals surface area contributed by atoms with Crippen molar-refractivity contribution in [3.63, 3.8) is 0 Å². The van der Waals surface area contributed by atoms with Gasteiger partial charge in [0.05, 0.1) is 21.3 Å². The summed E-state index contributed by atoms with van der Waals surface area (Å²) in [5.41, 5.74) is 5.00. The summed E-state index contributed by atoms with van der Waals surface area (Å²) in [4.78, 5) is 15.2. The molecular weight excluding hydrogens is 246 g/mol. The summed E-state index contributed by atoms with van der Waals surface area (Å²) in [6, 6.07) is 12.9. The van der Waals surface area contributed by atoms with Crippen LogP contribution in [0.3, 0.4) is 0 Å². The van der Waals surface area contributed by atoms with Gasteiger partial charge >= 0.3 is 5.97 Å². The fourth-order valence-corrected chi connectivity index (χ4v) is 2.58. The van der Waals surface area contributed by atoms with Gasteiger partial charge < -0.3 is 5.11 Å². The lowest BCUT2D eigenvalue weighted by atomic mass is 10.0. The average molecular weight is 255 g/mol. The van der Waals surface area contributed by atoms with Crippen LogP contribution in [0.5, 0.6) is 0 Å². The Kier molecular flexibility index (Phi) is 2.57. The number of hydrogen-bond acceptors (Lipinski definition) is 3. The molecule has 0 aliphatic heterocycles. The summed E-state index contributed by atoms with van der Waals surface area (Å²) in [5.74, 6) is -0.907. The van der Waals surface area contributed by atoms with Gasteiger partial charge in [-0.3, -0.25) is 0 Å². The first kappa shape index (κ1) is 10.9. The molecule has 0 spiro atoms. The summed E-state index contributed by atoms with van der Waals surface area (Å²) in [6.45, 7) is 0. The van der Waals surface area contributed by atoms with Crippen LogP contribution in [-0.4, -0.2) is 16.1 Å². The molecule has 1 aromatic heterocycles. The minimum atomic E-state index is -0.907. The van der Waals surface area contributed by atoms with Gasteiger partial charge in [-0.15, -0.1) is 11.3 Å². The Hall–Kier alpha value is -2.20. The van der Waals surface area contributed by atoms with Crippen LogP contribution in [0.1, 0.15) is 10.4 Å². The molecule has 0 amide bonds. The second-order valence-electron chi connectivity index (χ2n) is 3.92. The Labute approximate surface area is 107 Å². The molecule has 1 N–H and O–H groups in total. The predicted octanol–water partition coefficient (Wildman–Crippen LogP) is 3.66. The molecule has 2 aromatic carbocycles. The van der Waals surface area contributed by atoms with E-state index >= 15 is 0 Å². The van der Waals surface area contributed by atoms with E-state index in [1.807, 2.05) is 29.8 Å². The zero-order valence-electron chi connectivity index (χ0n) is 9.33. The number of nitrogens with zero attached hydrogens (tertiary/aromatic N) is 1. The Morgan fingerprint density at radius 1 is 1.11 bits per heavy atom. The van der Waals surface area contributed by atoms with E-state index < -0.39 is 5.97 Å². The van der Waals surface area contributed by atoms with E-state index in [-0.39, 0.29) is 0 Å². The van der Waals surface area contributed by atoms with Crippen LogP contribution in [0.4, 0.5) is 0 Å². The third-order valence-corrected chi connectivity index (χ3v) is 3.57. The van der Waals surface area contributed by atoms with E-state index in [0.717, 1.165) is 21.3 Å². The summed E-state index contributed by atoms with van der Waals surface area (Å²) in [7, 11) is 0. The molecule has 1 heterocycles. The summed E-state index contributed by atoms with van der Waals surface area (Å²) in [5, 5.41) is 8.99. The fraction of sp³-hybridized carbons (Fsp3) is 0. The lowest BCUT2D eigenvalue weighted by molar-refractivity contribution is 0.0697. The lowest BCUT2D eigenvalue weighted by Crippen LogP contribution is -1.95. The Morgan fingerprint density at radius 3 is 2.78 bits per heavy atom. The van der Waals surface area contributed by atoms with Crippen molar-refractivity contribution in [2.75, 3.05) is 0 Å². The van der Waals surface area contributed by atoms with Crippen molar-refractivity contribution < 1.29 is 9.90 Å². The molecule has 18 heavy (non-hydrogen) atoms. The quantitative estimate of drug-likeness (QED) is 0.760. The first-order valence-corrected chi connectivity index (χ1v) is 6.29. The van der Waals surface area contributed by atoms with E-state index in [1.165, 1.54) is 0 Å². The third-order valence-electron chi connectivity index (χ3n) is 2.77. The van der Waals surface area contributed by atoms with Crippen LogP contribution in [-0.2, 0) is 0 Å². The van der Waals surface area contributed by atoms with Crippen LogP contribution in [0, 0.1) is 0 Å². The minimum Gasteiger partial charge on any atom is -0.478 e. The maximum Gasteiger partial charge on any atom is 0.335 e. The van der Waals surface area contributed by atoms with Crippen LogP contribution < -0.4 is 0 Å². The number of benzene rings is 2. The van der Waals surface area contributed by atoms with Crippen molar-refractivity contribution in [1.29, 1.82) is 0 Å². The van der Waals surface area contributed by atoms with E-state index in [0.29, 0.717) is 5.56 Å². The van der Waals surface area contributed by atoms with E-state index in [1.54, 1.807) is 29.5 Å². The number of carboxylic acids is 1. The summed E-state index contributed by atoms with van der Waals surface area (Å²) >= 11 is 1.58. The molecular formula is C14H9NO2S. The van der Waals surface area contributed by atoms with Gasteiger partial charge in [0.25, 0.3) is 0 Å². The molecule has 3 nitrogen and oxygen atoms in total. The van der Waals surface area contributed by atoms with Gasteiger partial charge in [0.2, 0.25) is 0 Å². The average Bonchev–Trinajstić information content (AvgIpc) is 2.86. The summed E-state index contributed by atoms with van der Waals surface area (Å²) in [6.07, 6.45) is 0. The molecule has 0 aliphatic carbocycles. The molecule has 0 atom stereocenters. The highest BCUT2D eigenvalue weighted by molar-refractivity contribution is 7.16. The first-order valence-electron chi connectivity index (χ1n) is 5.41. The molecule has 3 rings (SSSR count). The highest BCUT2D eigenvalue weighted by atomic mass is 32.1. The molecule has 0 bridgehead atoms. The van der Waals surface area contributed by atoms with Gasteiger partial charge in [-0.05, 0) is 35.4 Å². The van der Waals surface area contributed by atoms with Crippen LogP contribution >= 0.6 is 11.3 Å². The van der Waals surface area contributed by atoms with Gasteiger partial charge in [0.15, 0.2) is 0 Å². The number of thiazole rings is 1. The smallest absolute Gasteiger partial charge is 0.335 e. The maximum absolute atomic E-state index is 10.9. The van der Waals surface area contributed by atoms with Crippen molar-refractivity contribution in [2.45, 2.75) is 0 Å². The van der Waals surface area contributed by atoms with E-state index in [2.05, 4.69) is 4.98 Å². The molecule has 0 unspecified atom stereocenters. The van der Waals surface area contributed by atoms with Crippen molar-refractivity contribution in [1.82, 2.24) is 4.98 Å². The minimum absolute atomic E-state index is 0.303. The van der Waals surface area contributed by atoms with Crippen molar-refractivity contribution in [3.8, 4) is 11.1 Å². The fourth-order valence-electron chi connectivity index (χ4n) is 1.87. The normalized spacial score (nSPS) is 10.7. The summed E-state index contributed by atoms with van der Waals surface area (Å²) < 4.78 is 1.10. The number of aromatic nitrogens is 1. The van der Waals surface area contributed by atoms with Gasteiger partial charge in [0.1, 0.15) is 0 Å². The monoisotopic (exact) mass is 255 g/mol. The van der Waals surface area contributed by atoms with Crippen molar-refractivity contribution in [2.24, 2.45) is 0 Å². The second kappa shape index (κ2) is 4.23. The molecule has 0 aliphatic rings. The van der Waals surface area contributed by atoms with Gasteiger partial charge in [0, 0.05) is 0 Å². The van der Waals surface area contributed by atoms with Crippen LogP contribution in [0.25, 0.3) is 21.3 Å². The number of fused-ring (bicyclic) bond motifs is 1. The topological polar surface area (TPSA) is 50.2 Å². The number of aromatic carboxylic acids is 1. The van der Waals surface area contributed by atoms with Crippen molar-refractivity contribution in [3.05, 3.63) is 53.5 Å². The number of hydrogen-bond donors (Lipinski definition) is 1. The number of carboxylic acid groups (broad SMARTS) is 1. The highest BCUT2D eigenvalue weighted by Gasteiger charge is 2.06. The molecule has 0 saturated carbocycles. The number of rotatable bonds is 2. The van der Waals surface area contributed by atoms with E-state index in [9.17, 15) is 4.79 Å². The largest absolute Gasteiger partial charge is 0.478 e. The molecule has 0 fully saturated rings. The van der Waals surface area contributed by atoms with Gasteiger partial charge in [-0.25, -0.2) is 9.78 Å². The first-order chi connectivity index (χ1) is 8.74. The Bertz CT molecular complexity index is 733. The third kappa shape index (κ3) is 1.87. The Morgan fingerprint density at radius 2 is 1.94 bits per heavy atom. The molecule has 3 aromatic rings. The maximum atomic E-state index is 10.9. The molecule has 0 radical (unpaired) electrons. The van der Waals surface area contributed by atoms with Crippen molar-refractivity contribution >= 4 is 27.5 Å². The van der Waals surface area contributed by atoms with Gasteiger partial charge in [-0.2, -0.15) is 0 Å². The zero-order valence-corrected chi connectivity index (χ0v) is 10.1. The molecule has 4 heteroatoms. The van der Waals surface area contributed by atoms with Crippen LogP contribution in [0.15, 0.2) is 48.0 Å². The SMILES string of the molecule is O=C(O)c1cccc(-c2ccc3ncsc3c2)c1.